The molecule has 1 saturated heterocycles. The van der Waals surface area contributed by atoms with E-state index in [1.165, 1.54) is 38.5 Å². The van der Waals surface area contributed by atoms with Gasteiger partial charge in [0.25, 0.3) is 0 Å². The molecule has 1 aliphatic carbocycles. The van der Waals surface area contributed by atoms with Gasteiger partial charge in [0.1, 0.15) is 0 Å². The van der Waals surface area contributed by atoms with Crippen molar-refractivity contribution in [3.63, 3.8) is 0 Å². The second-order valence-corrected chi connectivity index (χ2v) is 4.90. The van der Waals surface area contributed by atoms with Crippen molar-refractivity contribution in [2.24, 2.45) is 0 Å². The maximum atomic E-state index is 12.0. The molecule has 1 N–H and O–H groups in total. The normalized spacial score (nSPS) is 24.7. The molecule has 86 valence electrons. The van der Waals surface area contributed by atoms with Crippen molar-refractivity contribution in [2.75, 3.05) is 13.1 Å². The van der Waals surface area contributed by atoms with Crippen molar-refractivity contribution in [1.82, 2.24) is 10.2 Å². The second kappa shape index (κ2) is 4.97. The van der Waals surface area contributed by atoms with E-state index < -0.39 is 0 Å². The molecule has 1 atom stereocenters. The van der Waals surface area contributed by atoms with Crippen LogP contribution >= 0.6 is 0 Å². The minimum atomic E-state index is 0.0217. The average Bonchev–Trinajstić information content (AvgIpc) is 2.23. The Bertz CT molecular complexity index is 220. The molecule has 1 unspecified atom stereocenters. The summed E-state index contributed by atoms with van der Waals surface area (Å²) in [5, 5.41) is 3.42. The molecule has 3 heteroatoms. The zero-order valence-electron chi connectivity index (χ0n) is 9.67. The van der Waals surface area contributed by atoms with E-state index >= 15 is 0 Å². The standard InChI is InChI=1S/C12H22N2O/c1-10(13-11-6-5-7-11)12(15)14-8-3-2-4-9-14/h10-11,13H,2-9H2,1H3. The first kappa shape index (κ1) is 10.9. The summed E-state index contributed by atoms with van der Waals surface area (Å²) in [4.78, 5) is 14.1. The molecular weight excluding hydrogens is 188 g/mol. The Balaban J connectivity index is 1.77. The van der Waals surface area contributed by atoms with Crippen LogP contribution in [0.2, 0.25) is 0 Å². The predicted octanol–water partition coefficient (Wildman–Crippen LogP) is 1.53. The summed E-state index contributed by atoms with van der Waals surface area (Å²) in [7, 11) is 0. The van der Waals surface area contributed by atoms with Crippen LogP contribution in [0.1, 0.15) is 45.4 Å². The van der Waals surface area contributed by atoms with Gasteiger partial charge in [-0.25, -0.2) is 0 Å². The average molecular weight is 210 g/mol. The fraction of sp³-hybridized carbons (Fsp3) is 0.917. The van der Waals surface area contributed by atoms with Crippen LogP contribution in [0.5, 0.6) is 0 Å². The van der Waals surface area contributed by atoms with Gasteiger partial charge >= 0.3 is 0 Å². The van der Waals surface area contributed by atoms with Gasteiger partial charge in [-0.2, -0.15) is 0 Å². The summed E-state index contributed by atoms with van der Waals surface area (Å²) in [5.41, 5.74) is 0. The SMILES string of the molecule is CC(NC1CCC1)C(=O)N1CCCCC1. The van der Waals surface area contributed by atoms with Crippen LogP contribution < -0.4 is 5.32 Å². The first-order valence-electron chi connectivity index (χ1n) is 6.32. The van der Waals surface area contributed by atoms with Crippen LogP contribution in [0.3, 0.4) is 0 Å². The number of carbonyl (C=O) groups excluding carboxylic acids is 1. The molecule has 0 aromatic heterocycles. The molecule has 0 aromatic carbocycles. The van der Waals surface area contributed by atoms with E-state index in [4.69, 9.17) is 0 Å². The van der Waals surface area contributed by atoms with Gasteiger partial charge in [-0.05, 0) is 39.0 Å². The highest BCUT2D eigenvalue weighted by Gasteiger charge is 2.26. The highest BCUT2D eigenvalue weighted by Crippen LogP contribution is 2.19. The number of rotatable bonds is 3. The van der Waals surface area contributed by atoms with Gasteiger partial charge in [-0.3, -0.25) is 4.79 Å². The molecule has 2 aliphatic rings. The maximum Gasteiger partial charge on any atom is 0.239 e. The fourth-order valence-corrected chi connectivity index (χ4v) is 2.39. The monoisotopic (exact) mass is 210 g/mol. The van der Waals surface area contributed by atoms with Crippen molar-refractivity contribution in [3.8, 4) is 0 Å². The summed E-state index contributed by atoms with van der Waals surface area (Å²) in [6.45, 7) is 3.94. The van der Waals surface area contributed by atoms with Crippen LogP contribution in [0.25, 0.3) is 0 Å². The van der Waals surface area contributed by atoms with E-state index in [0.717, 1.165) is 13.1 Å². The molecule has 0 spiro atoms. The lowest BCUT2D eigenvalue weighted by Gasteiger charge is -2.33. The molecule has 1 aliphatic heterocycles. The van der Waals surface area contributed by atoms with Crippen LogP contribution in [0.4, 0.5) is 0 Å². The Morgan fingerprint density at radius 1 is 1.20 bits per heavy atom. The van der Waals surface area contributed by atoms with E-state index in [-0.39, 0.29) is 6.04 Å². The van der Waals surface area contributed by atoms with Crippen molar-refractivity contribution >= 4 is 5.91 Å². The number of amides is 1. The zero-order chi connectivity index (χ0) is 10.7. The van der Waals surface area contributed by atoms with Crippen molar-refractivity contribution in [3.05, 3.63) is 0 Å². The number of hydrogen-bond donors (Lipinski definition) is 1. The maximum absolute atomic E-state index is 12.0. The molecule has 1 heterocycles. The van der Waals surface area contributed by atoms with Crippen molar-refractivity contribution in [2.45, 2.75) is 57.5 Å². The smallest absolute Gasteiger partial charge is 0.239 e. The van der Waals surface area contributed by atoms with Gasteiger partial charge in [-0.15, -0.1) is 0 Å². The second-order valence-electron chi connectivity index (χ2n) is 4.90. The quantitative estimate of drug-likeness (QED) is 0.766. The van der Waals surface area contributed by atoms with Gasteiger partial charge in [0.15, 0.2) is 0 Å². The predicted molar refractivity (Wildman–Crippen MR) is 60.7 cm³/mol. The van der Waals surface area contributed by atoms with Crippen LogP contribution in [0, 0.1) is 0 Å². The topological polar surface area (TPSA) is 32.3 Å². The number of piperidine rings is 1. The Morgan fingerprint density at radius 3 is 2.40 bits per heavy atom. The third kappa shape index (κ3) is 2.71. The van der Waals surface area contributed by atoms with Gasteiger partial charge < -0.3 is 10.2 Å². The van der Waals surface area contributed by atoms with E-state index in [0.29, 0.717) is 11.9 Å². The number of likely N-dealkylation sites (tertiary alicyclic amines) is 1. The van der Waals surface area contributed by atoms with E-state index in [9.17, 15) is 4.79 Å². The fourth-order valence-electron chi connectivity index (χ4n) is 2.39. The number of carbonyl (C=O) groups is 1. The summed E-state index contributed by atoms with van der Waals surface area (Å²) in [6, 6.07) is 0.627. The minimum Gasteiger partial charge on any atom is -0.341 e. The van der Waals surface area contributed by atoms with Crippen LogP contribution in [-0.4, -0.2) is 36.0 Å². The van der Waals surface area contributed by atoms with Gasteiger partial charge in [0.05, 0.1) is 6.04 Å². The number of nitrogens with one attached hydrogen (secondary N) is 1. The lowest BCUT2D eigenvalue weighted by Crippen LogP contribution is -2.51. The van der Waals surface area contributed by atoms with Crippen molar-refractivity contribution in [1.29, 1.82) is 0 Å². The Kier molecular flexibility index (Phi) is 3.62. The Labute approximate surface area is 92.2 Å². The molecule has 0 radical (unpaired) electrons. The van der Waals surface area contributed by atoms with Crippen LogP contribution in [-0.2, 0) is 4.79 Å². The molecule has 2 fully saturated rings. The Hall–Kier alpha value is -0.570. The molecule has 15 heavy (non-hydrogen) atoms. The molecule has 0 bridgehead atoms. The Morgan fingerprint density at radius 2 is 1.87 bits per heavy atom. The molecule has 0 aromatic rings. The van der Waals surface area contributed by atoms with Crippen LogP contribution in [0.15, 0.2) is 0 Å². The first-order chi connectivity index (χ1) is 7.27. The summed E-state index contributed by atoms with van der Waals surface area (Å²) in [6.07, 6.45) is 7.47. The van der Waals surface area contributed by atoms with E-state index in [1.54, 1.807) is 0 Å². The number of hydrogen-bond acceptors (Lipinski definition) is 2. The van der Waals surface area contributed by atoms with Gasteiger partial charge in [0.2, 0.25) is 5.91 Å². The summed E-state index contributed by atoms with van der Waals surface area (Å²) >= 11 is 0. The molecule has 3 nitrogen and oxygen atoms in total. The number of nitrogens with zero attached hydrogens (tertiary/aromatic N) is 1. The lowest BCUT2D eigenvalue weighted by molar-refractivity contribution is -0.134. The molecule has 1 amide bonds. The summed E-state index contributed by atoms with van der Waals surface area (Å²) < 4.78 is 0. The lowest BCUT2D eigenvalue weighted by atomic mass is 9.92. The third-order valence-corrected chi connectivity index (χ3v) is 3.63. The molecule has 2 rings (SSSR count). The molecule has 1 saturated carbocycles. The summed E-state index contributed by atoms with van der Waals surface area (Å²) in [5.74, 6) is 0.307. The highest BCUT2D eigenvalue weighted by molar-refractivity contribution is 5.81. The zero-order valence-corrected chi connectivity index (χ0v) is 9.67. The first-order valence-corrected chi connectivity index (χ1v) is 6.32. The van der Waals surface area contributed by atoms with Gasteiger partial charge in [0, 0.05) is 19.1 Å². The van der Waals surface area contributed by atoms with Crippen molar-refractivity contribution < 1.29 is 4.79 Å². The third-order valence-electron chi connectivity index (χ3n) is 3.63. The minimum absolute atomic E-state index is 0.0217. The van der Waals surface area contributed by atoms with E-state index in [2.05, 4.69) is 5.32 Å². The molecular formula is C12H22N2O. The van der Waals surface area contributed by atoms with E-state index in [1.807, 2.05) is 11.8 Å². The highest BCUT2D eigenvalue weighted by atomic mass is 16.2. The largest absolute Gasteiger partial charge is 0.341 e. The van der Waals surface area contributed by atoms with Gasteiger partial charge in [-0.1, -0.05) is 6.42 Å².